The molecular formula is C12H21ClN4O. The minimum absolute atomic E-state index is 0.149. The van der Waals surface area contributed by atoms with Gasteiger partial charge in [0.1, 0.15) is 5.02 Å². The van der Waals surface area contributed by atoms with Gasteiger partial charge in [0.25, 0.3) is 0 Å². The summed E-state index contributed by atoms with van der Waals surface area (Å²) in [7, 11) is 0. The molecule has 5 nitrogen and oxygen atoms in total. The molecular weight excluding hydrogens is 252 g/mol. The van der Waals surface area contributed by atoms with E-state index in [9.17, 15) is 0 Å². The topological polar surface area (TPSA) is 59.1 Å². The maximum Gasteiger partial charge on any atom is 0.224 e. The van der Waals surface area contributed by atoms with Crippen LogP contribution in [0.3, 0.4) is 0 Å². The van der Waals surface area contributed by atoms with Gasteiger partial charge in [-0.05, 0) is 20.3 Å². The minimum Gasteiger partial charge on any atom is -0.380 e. The molecule has 0 amide bonds. The van der Waals surface area contributed by atoms with E-state index in [1.165, 1.54) is 0 Å². The molecule has 1 heterocycles. The van der Waals surface area contributed by atoms with E-state index >= 15 is 0 Å². The van der Waals surface area contributed by atoms with Gasteiger partial charge in [0.15, 0.2) is 5.82 Å². The molecule has 1 rings (SSSR count). The smallest absolute Gasteiger partial charge is 0.224 e. The number of rotatable bonds is 8. The average Bonchev–Trinajstić information content (AvgIpc) is 2.37. The summed E-state index contributed by atoms with van der Waals surface area (Å²) in [5.41, 5.74) is 0. The highest BCUT2D eigenvalue weighted by atomic mass is 35.5. The predicted octanol–water partition coefficient (Wildman–Crippen LogP) is 2.79. The summed E-state index contributed by atoms with van der Waals surface area (Å²) in [4.78, 5) is 8.46. The van der Waals surface area contributed by atoms with Gasteiger partial charge in [-0.15, -0.1) is 0 Å². The molecule has 18 heavy (non-hydrogen) atoms. The second-order valence-corrected chi connectivity index (χ2v) is 4.43. The molecule has 102 valence electrons. The summed E-state index contributed by atoms with van der Waals surface area (Å²) in [6.07, 6.45) is 2.62. The summed E-state index contributed by atoms with van der Waals surface area (Å²) in [6, 6.07) is 0.149. The van der Waals surface area contributed by atoms with Crippen molar-refractivity contribution in [3.05, 3.63) is 11.2 Å². The van der Waals surface area contributed by atoms with Gasteiger partial charge in [0, 0.05) is 19.2 Å². The molecule has 0 aliphatic rings. The van der Waals surface area contributed by atoms with E-state index < -0.39 is 0 Å². The fourth-order valence-electron chi connectivity index (χ4n) is 1.36. The van der Waals surface area contributed by atoms with Crippen LogP contribution < -0.4 is 10.6 Å². The van der Waals surface area contributed by atoms with Crippen molar-refractivity contribution in [1.29, 1.82) is 0 Å². The Hall–Kier alpha value is -1.07. The van der Waals surface area contributed by atoms with E-state index in [2.05, 4.69) is 27.5 Å². The summed E-state index contributed by atoms with van der Waals surface area (Å²) < 4.78 is 5.34. The van der Waals surface area contributed by atoms with E-state index in [4.69, 9.17) is 16.3 Å². The number of hydrogen-bond acceptors (Lipinski definition) is 5. The quantitative estimate of drug-likeness (QED) is 0.762. The monoisotopic (exact) mass is 272 g/mol. The van der Waals surface area contributed by atoms with Gasteiger partial charge in [-0.25, -0.2) is 4.98 Å². The van der Waals surface area contributed by atoms with Crippen molar-refractivity contribution in [3.63, 3.8) is 0 Å². The van der Waals surface area contributed by atoms with Gasteiger partial charge >= 0.3 is 0 Å². The highest BCUT2D eigenvalue weighted by molar-refractivity contribution is 6.32. The van der Waals surface area contributed by atoms with Crippen LogP contribution in [0, 0.1) is 0 Å². The first-order chi connectivity index (χ1) is 8.67. The molecule has 0 saturated heterocycles. The van der Waals surface area contributed by atoms with Crippen molar-refractivity contribution in [2.75, 3.05) is 30.4 Å². The number of ether oxygens (including phenoxy) is 1. The number of anilines is 2. The lowest BCUT2D eigenvalue weighted by molar-refractivity contribution is 0.141. The molecule has 0 spiro atoms. The van der Waals surface area contributed by atoms with Crippen LogP contribution in [0.2, 0.25) is 5.02 Å². The number of aromatic nitrogens is 2. The Morgan fingerprint density at radius 1 is 1.44 bits per heavy atom. The maximum atomic E-state index is 6.05. The van der Waals surface area contributed by atoms with Gasteiger partial charge in [-0.1, -0.05) is 18.5 Å². The Morgan fingerprint density at radius 2 is 2.22 bits per heavy atom. The fraction of sp³-hybridized carbons (Fsp3) is 0.667. The molecule has 1 unspecified atom stereocenters. The van der Waals surface area contributed by atoms with Crippen molar-refractivity contribution in [1.82, 2.24) is 9.97 Å². The molecule has 0 fully saturated rings. The molecule has 0 saturated carbocycles. The first-order valence-corrected chi connectivity index (χ1v) is 6.65. The third kappa shape index (κ3) is 5.06. The molecule has 6 heteroatoms. The van der Waals surface area contributed by atoms with Gasteiger partial charge in [0.05, 0.1) is 12.8 Å². The minimum atomic E-state index is 0.149. The highest BCUT2D eigenvalue weighted by Crippen LogP contribution is 2.20. The Morgan fingerprint density at radius 3 is 2.89 bits per heavy atom. The van der Waals surface area contributed by atoms with Crippen molar-refractivity contribution in [2.45, 2.75) is 33.2 Å². The Bertz CT molecular complexity index is 362. The van der Waals surface area contributed by atoms with Crippen LogP contribution >= 0.6 is 11.6 Å². The van der Waals surface area contributed by atoms with Crippen molar-refractivity contribution < 1.29 is 4.74 Å². The molecule has 1 atom stereocenters. The molecule has 0 aromatic carbocycles. The van der Waals surface area contributed by atoms with Gasteiger partial charge < -0.3 is 15.4 Å². The first-order valence-electron chi connectivity index (χ1n) is 6.28. The Labute approximate surface area is 113 Å². The second-order valence-electron chi connectivity index (χ2n) is 4.02. The fourth-order valence-corrected chi connectivity index (χ4v) is 1.51. The van der Waals surface area contributed by atoms with Gasteiger partial charge in [-0.2, -0.15) is 4.98 Å². The van der Waals surface area contributed by atoms with E-state index in [1.807, 2.05) is 13.8 Å². The van der Waals surface area contributed by atoms with Gasteiger partial charge in [-0.3, -0.25) is 0 Å². The molecule has 1 aromatic heterocycles. The maximum absolute atomic E-state index is 6.05. The highest BCUT2D eigenvalue weighted by Gasteiger charge is 2.08. The van der Waals surface area contributed by atoms with Crippen molar-refractivity contribution in [2.24, 2.45) is 0 Å². The van der Waals surface area contributed by atoms with Crippen LogP contribution in [0.15, 0.2) is 6.20 Å². The lowest BCUT2D eigenvalue weighted by Crippen LogP contribution is -2.23. The lowest BCUT2D eigenvalue weighted by atomic mass is 10.3. The van der Waals surface area contributed by atoms with Crippen LogP contribution in [0.4, 0.5) is 11.8 Å². The lowest BCUT2D eigenvalue weighted by Gasteiger charge is -2.15. The summed E-state index contributed by atoms with van der Waals surface area (Å²) in [5.74, 6) is 1.23. The third-order valence-electron chi connectivity index (χ3n) is 2.23. The first kappa shape index (κ1) is 15.0. The van der Waals surface area contributed by atoms with Crippen LogP contribution in [-0.2, 0) is 4.74 Å². The SMILES string of the molecule is CCCNc1ncc(Cl)c(NC(C)COCC)n1. The zero-order valence-corrected chi connectivity index (χ0v) is 11.9. The number of halogens is 1. The molecule has 1 aromatic rings. The second kappa shape index (κ2) is 8.11. The summed E-state index contributed by atoms with van der Waals surface area (Å²) in [6.45, 7) is 8.24. The van der Waals surface area contributed by atoms with Crippen molar-refractivity contribution >= 4 is 23.4 Å². The molecule has 2 N–H and O–H groups in total. The normalized spacial score (nSPS) is 12.2. The summed E-state index contributed by atoms with van der Waals surface area (Å²) in [5, 5.41) is 6.85. The van der Waals surface area contributed by atoms with E-state index in [0.29, 0.717) is 30.0 Å². The van der Waals surface area contributed by atoms with Crippen LogP contribution in [0.5, 0.6) is 0 Å². The molecule has 0 aliphatic heterocycles. The number of hydrogen-bond donors (Lipinski definition) is 2. The number of nitrogens with zero attached hydrogens (tertiary/aromatic N) is 2. The number of nitrogens with one attached hydrogen (secondary N) is 2. The molecule has 0 bridgehead atoms. The van der Waals surface area contributed by atoms with Crippen LogP contribution in [0.25, 0.3) is 0 Å². The van der Waals surface area contributed by atoms with E-state index in [0.717, 1.165) is 13.0 Å². The zero-order valence-electron chi connectivity index (χ0n) is 11.2. The van der Waals surface area contributed by atoms with E-state index in [-0.39, 0.29) is 6.04 Å². The van der Waals surface area contributed by atoms with Crippen LogP contribution in [-0.4, -0.2) is 35.8 Å². The van der Waals surface area contributed by atoms with Gasteiger partial charge in [0.2, 0.25) is 5.95 Å². The van der Waals surface area contributed by atoms with Crippen molar-refractivity contribution in [3.8, 4) is 0 Å². The third-order valence-corrected chi connectivity index (χ3v) is 2.51. The Kier molecular flexibility index (Phi) is 6.75. The Balaban J connectivity index is 2.62. The van der Waals surface area contributed by atoms with E-state index in [1.54, 1.807) is 6.20 Å². The zero-order chi connectivity index (χ0) is 13.4. The standard InChI is InChI=1S/C12H21ClN4O/c1-4-6-14-12-15-7-10(13)11(17-12)16-9(3)8-18-5-2/h7,9H,4-6,8H2,1-3H3,(H2,14,15,16,17). The molecule has 0 radical (unpaired) electrons. The average molecular weight is 273 g/mol. The molecule has 0 aliphatic carbocycles. The summed E-state index contributed by atoms with van der Waals surface area (Å²) >= 11 is 6.05. The predicted molar refractivity (Wildman–Crippen MR) is 75.4 cm³/mol. The largest absolute Gasteiger partial charge is 0.380 e. The van der Waals surface area contributed by atoms with Crippen LogP contribution in [0.1, 0.15) is 27.2 Å².